The van der Waals surface area contributed by atoms with E-state index in [-0.39, 0.29) is 6.61 Å². The molecule has 86 valence electrons. The summed E-state index contributed by atoms with van der Waals surface area (Å²) in [5.74, 6) is 0.303. The largest absolute Gasteiger partial charge is 0.396 e. The molecule has 2 rings (SSSR count). The Morgan fingerprint density at radius 2 is 2.38 bits per heavy atom. The van der Waals surface area contributed by atoms with Gasteiger partial charge in [0, 0.05) is 13.2 Å². The summed E-state index contributed by atoms with van der Waals surface area (Å²) in [7, 11) is 0. The van der Waals surface area contributed by atoms with Crippen molar-refractivity contribution in [3.05, 3.63) is 18.9 Å². The summed E-state index contributed by atoms with van der Waals surface area (Å²) in [5, 5.41) is 8.90. The minimum Gasteiger partial charge on any atom is -0.396 e. The molecule has 0 bridgehead atoms. The van der Waals surface area contributed by atoms with Crippen LogP contribution in [0.4, 0.5) is 0 Å². The van der Waals surface area contributed by atoms with E-state index in [1.54, 1.807) is 17.2 Å². The van der Waals surface area contributed by atoms with Crippen molar-refractivity contribution in [2.45, 2.75) is 13.3 Å². The summed E-state index contributed by atoms with van der Waals surface area (Å²) in [5.41, 5.74) is 4.72. The standard InChI is InChI=1S/C10H15N5O/c1-8(5-16)2-3-14-15-7-13-9-4-11-6-12-10(9)15/h4,6-8,14,16H,2-3,5H2,1H3. The van der Waals surface area contributed by atoms with Crippen molar-refractivity contribution in [2.75, 3.05) is 18.6 Å². The number of nitrogens with one attached hydrogen (secondary N) is 1. The van der Waals surface area contributed by atoms with Gasteiger partial charge in [0.25, 0.3) is 0 Å². The van der Waals surface area contributed by atoms with Crippen LogP contribution in [-0.4, -0.2) is 37.9 Å². The predicted molar refractivity (Wildman–Crippen MR) is 60.4 cm³/mol. The predicted octanol–water partition coefficient (Wildman–Crippen LogP) is 0.388. The molecule has 6 heteroatoms. The average molecular weight is 221 g/mol. The zero-order valence-corrected chi connectivity index (χ0v) is 9.17. The number of aromatic nitrogens is 4. The Labute approximate surface area is 93.3 Å². The highest BCUT2D eigenvalue weighted by Crippen LogP contribution is 2.05. The summed E-state index contributed by atoms with van der Waals surface area (Å²) in [6.07, 6.45) is 5.76. The van der Waals surface area contributed by atoms with Crippen molar-refractivity contribution in [3.8, 4) is 0 Å². The van der Waals surface area contributed by atoms with Crippen molar-refractivity contribution >= 4 is 11.2 Å². The molecule has 0 aliphatic carbocycles. The molecule has 0 aliphatic rings. The summed E-state index contributed by atoms with van der Waals surface area (Å²) >= 11 is 0. The normalized spacial score (nSPS) is 12.9. The Morgan fingerprint density at radius 1 is 1.50 bits per heavy atom. The first-order valence-electron chi connectivity index (χ1n) is 5.29. The van der Waals surface area contributed by atoms with Crippen LogP contribution in [0.3, 0.4) is 0 Å². The Kier molecular flexibility index (Phi) is 3.31. The van der Waals surface area contributed by atoms with Crippen LogP contribution in [0, 0.1) is 5.92 Å². The first-order chi connectivity index (χ1) is 7.81. The molecule has 2 aromatic rings. The van der Waals surface area contributed by atoms with Gasteiger partial charge in [0.15, 0.2) is 5.65 Å². The Bertz CT molecular complexity index is 455. The molecular weight excluding hydrogens is 206 g/mol. The lowest BCUT2D eigenvalue weighted by Crippen LogP contribution is -2.18. The molecule has 0 saturated heterocycles. The van der Waals surface area contributed by atoms with Crippen molar-refractivity contribution in [1.82, 2.24) is 19.6 Å². The smallest absolute Gasteiger partial charge is 0.181 e. The third-order valence-electron chi connectivity index (χ3n) is 2.44. The molecule has 2 heterocycles. The molecule has 2 N–H and O–H groups in total. The van der Waals surface area contributed by atoms with Gasteiger partial charge in [-0.15, -0.1) is 0 Å². The summed E-state index contributed by atoms with van der Waals surface area (Å²) in [6, 6.07) is 0. The maximum absolute atomic E-state index is 8.90. The number of nitrogens with zero attached hydrogens (tertiary/aromatic N) is 4. The SMILES string of the molecule is CC(CO)CCNn1cnc2cncnc21. The van der Waals surface area contributed by atoms with E-state index in [1.165, 1.54) is 6.33 Å². The highest BCUT2D eigenvalue weighted by atomic mass is 16.3. The van der Waals surface area contributed by atoms with E-state index in [9.17, 15) is 0 Å². The lowest BCUT2D eigenvalue weighted by atomic mass is 10.1. The molecule has 0 saturated carbocycles. The Balaban J connectivity index is 1.99. The van der Waals surface area contributed by atoms with Gasteiger partial charge in [-0.3, -0.25) is 0 Å². The molecule has 16 heavy (non-hydrogen) atoms. The fraction of sp³-hybridized carbons (Fsp3) is 0.500. The van der Waals surface area contributed by atoms with Crippen LogP contribution in [-0.2, 0) is 0 Å². The molecule has 0 spiro atoms. The van der Waals surface area contributed by atoms with Crippen molar-refractivity contribution < 1.29 is 5.11 Å². The van der Waals surface area contributed by atoms with E-state index in [4.69, 9.17) is 5.11 Å². The van der Waals surface area contributed by atoms with Crippen LogP contribution in [0.2, 0.25) is 0 Å². The van der Waals surface area contributed by atoms with E-state index in [0.717, 1.165) is 24.1 Å². The second-order valence-corrected chi connectivity index (χ2v) is 3.83. The van der Waals surface area contributed by atoms with Gasteiger partial charge in [-0.1, -0.05) is 6.92 Å². The van der Waals surface area contributed by atoms with Crippen LogP contribution in [0.1, 0.15) is 13.3 Å². The van der Waals surface area contributed by atoms with E-state index in [2.05, 4.69) is 20.4 Å². The molecule has 0 amide bonds. The minimum atomic E-state index is 0.217. The van der Waals surface area contributed by atoms with Gasteiger partial charge in [-0.05, 0) is 12.3 Å². The second-order valence-electron chi connectivity index (χ2n) is 3.83. The topological polar surface area (TPSA) is 75.9 Å². The zero-order valence-electron chi connectivity index (χ0n) is 9.17. The number of rotatable bonds is 5. The van der Waals surface area contributed by atoms with Gasteiger partial charge < -0.3 is 10.5 Å². The molecule has 0 aliphatic heterocycles. The number of imidazole rings is 1. The minimum absolute atomic E-state index is 0.217. The summed E-state index contributed by atoms with van der Waals surface area (Å²) < 4.78 is 1.78. The first-order valence-corrected chi connectivity index (χ1v) is 5.29. The third kappa shape index (κ3) is 2.27. The van der Waals surface area contributed by atoms with Gasteiger partial charge in [-0.2, -0.15) is 0 Å². The monoisotopic (exact) mass is 221 g/mol. The van der Waals surface area contributed by atoms with E-state index in [1.807, 2.05) is 6.92 Å². The number of fused-ring (bicyclic) bond motifs is 1. The fourth-order valence-corrected chi connectivity index (χ4v) is 1.41. The molecule has 2 aromatic heterocycles. The first kappa shape index (κ1) is 10.8. The van der Waals surface area contributed by atoms with Crippen LogP contribution in [0.25, 0.3) is 11.2 Å². The fourth-order valence-electron chi connectivity index (χ4n) is 1.41. The summed E-state index contributed by atoms with van der Waals surface area (Å²) in [6.45, 7) is 3.00. The number of aliphatic hydroxyl groups excluding tert-OH is 1. The van der Waals surface area contributed by atoms with Gasteiger partial charge >= 0.3 is 0 Å². The van der Waals surface area contributed by atoms with Crippen molar-refractivity contribution in [3.63, 3.8) is 0 Å². The lowest BCUT2D eigenvalue weighted by molar-refractivity contribution is 0.232. The highest BCUT2D eigenvalue weighted by molar-refractivity contribution is 5.69. The quantitative estimate of drug-likeness (QED) is 0.763. The van der Waals surface area contributed by atoms with Crippen LogP contribution >= 0.6 is 0 Å². The Morgan fingerprint density at radius 3 is 3.19 bits per heavy atom. The molecular formula is C10H15N5O. The van der Waals surface area contributed by atoms with Gasteiger partial charge in [-0.25, -0.2) is 19.6 Å². The van der Waals surface area contributed by atoms with Crippen molar-refractivity contribution in [2.24, 2.45) is 5.92 Å². The average Bonchev–Trinajstić information content (AvgIpc) is 2.73. The lowest BCUT2D eigenvalue weighted by Gasteiger charge is -2.10. The van der Waals surface area contributed by atoms with E-state index < -0.39 is 0 Å². The number of aliphatic hydroxyl groups is 1. The second kappa shape index (κ2) is 4.89. The van der Waals surface area contributed by atoms with Crippen molar-refractivity contribution in [1.29, 1.82) is 0 Å². The van der Waals surface area contributed by atoms with E-state index >= 15 is 0 Å². The maximum Gasteiger partial charge on any atom is 0.181 e. The molecule has 0 aromatic carbocycles. The summed E-state index contributed by atoms with van der Waals surface area (Å²) in [4.78, 5) is 12.2. The third-order valence-corrected chi connectivity index (χ3v) is 2.44. The Hall–Kier alpha value is -1.69. The van der Waals surface area contributed by atoms with Crippen LogP contribution in [0.15, 0.2) is 18.9 Å². The number of hydrogen-bond donors (Lipinski definition) is 2. The number of hydrogen-bond acceptors (Lipinski definition) is 5. The van der Waals surface area contributed by atoms with Crippen LogP contribution in [0.5, 0.6) is 0 Å². The van der Waals surface area contributed by atoms with Gasteiger partial charge in [0.1, 0.15) is 18.2 Å². The molecule has 6 nitrogen and oxygen atoms in total. The molecule has 1 atom stereocenters. The van der Waals surface area contributed by atoms with Crippen LogP contribution < -0.4 is 5.43 Å². The molecule has 0 fully saturated rings. The zero-order chi connectivity index (χ0) is 11.4. The highest BCUT2D eigenvalue weighted by Gasteiger charge is 2.03. The van der Waals surface area contributed by atoms with Gasteiger partial charge in [0.2, 0.25) is 0 Å². The van der Waals surface area contributed by atoms with E-state index in [0.29, 0.717) is 5.92 Å². The maximum atomic E-state index is 8.90. The van der Waals surface area contributed by atoms with Gasteiger partial charge in [0.05, 0.1) is 6.20 Å². The molecule has 0 radical (unpaired) electrons. The molecule has 1 unspecified atom stereocenters.